The van der Waals surface area contributed by atoms with Crippen molar-refractivity contribution in [3.05, 3.63) is 28.0 Å². The fourth-order valence-electron chi connectivity index (χ4n) is 2.06. The van der Waals surface area contributed by atoms with Crippen molar-refractivity contribution < 1.29 is 22.7 Å². The normalized spacial score (nSPS) is 12.1. The van der Waals surface area contributed by atoms with Gasteiger partial charge in [0.25, 0.3) is 0 Å². The Morgan fingerprint density at radius 3 is 2.33 bits per heavy atom. The van der Waals surface area contributed by atoms with Gasteiger partial charge in [-0.25, -0.2) is 17.6 Å². The van der Waals surface area contributed by atoms with Gasteiger partial charge in [-0.05, 0) is 25.0 Å². The van der Waals surface area contributed by atoms with E-state index in [4.69, 9.17) is 5.11 Å². The van der Waals surface area contributed by atoms with Gasteiger partial charge in [0.05, 0.1) is 5.56 Å². The minimum absolute atomic E-state index is 0.192. The molecular formula is C13H17BrFNO4S. The van der Waals surface area contributed by atoms with Crippen LogP contribution in [0.5, 0.6) is 0 Å². The molecule has 0 atom stereocenters. The summed E-state index contributed by atoms with van der Waals surface area (Å²) in [6.45, 7) is 3.67. The number of nitrogens with zero attached hydrogens (tertiary/aromatic N) is 1. The lowest BCUT2D eigenvalue weighted by molar-refractivity contribution is 0.0691. The molecule has 8 heteroatoms. The van der Waals surface area contributed by atoms with E-state index in [9.17, 15) is 17.6 Å². The van der Waals surface area contributed by atoms with E-state index in [1.54, 1.807) is 0 Å². The molecule has 1 N–H and O–H groups in total. The van der Waals surface area contributed by atoms with E-state index in [-0.39, 0.29) is 10.5 Å². The fraction of sp³-hybridized carbons (Fsp3) is 0.462. The third-order valence-corrected chi connectivity index (χ3v) is 5.72. The van der Waals surface area contributed by atoms with Gasteiger partial charge in [0.2, 0.25) is 10.0 Å². The first-order chi connectivity index (χ1) is 9.66. The molecular weight excluding hydrogens is 365 g/mol. The van der Waals surface area contributed by atoms with Crippen LogP contribution < -0.4 is 0 Å². The van der Waals surface area contributed by atoms with E-state index < -0.39 is 32.3 Å². The van der Waals surface area contributed by atoms with Crippen molar-refractivity contribution in [3.63, 3.8) is 0 Å². The minimum Gasteiger partial charge on any atom is -0.478 e. The molecule has 0 fully saturated rings. The zero-order valence-electron chi connectivity index (χ0n) is 11.9. The maximum absolute atomic E-state index is 14.2. The maximum Gasteiger partial charge on any atom is 0.338 e. The predicted molar refractivity (Wildman–Crippen MR) is 80.4 cm³/mol. The summed E-state index contributed by atoms with van der Waals surface area (Å²) < 4.78 is 40.5. The van der Waals surface area contributed by atoms with E-state index >= 15 is 0 Å². The third-order valence-electron chi connectivity index (χ3n) is 3.35. The molecule has 1 aromatic carbocycles. The fourth-order valence-corrected chi connectivity index (χ4v) is 4.28. The average Bonchev–Trinajstić information content (AvgIpc) is 2.41. The highest BCUT2D eigenvalue weighted by Gasteiger charge is 2.31. The van der Waals surface area contributed by atoms with Gasteiger partial charge in [-0.15, -0.1) is 0 Å². The Hall–Kier alpha value is -0.990. The number of carbonyl (C=O) groups is 1. The molecule has 0 bridgehead atoms. The van der Waals surface area contributed by atoms with Crippen LogP contribution in [-0.2, 0) is 10.0 Å². The van der Waals surface area contributed by atoms with Crippen LogP contribution >= 0.6 is 15.9 Å². The van der Waals surface area contributed by atoms with Crippen LogP contribution in [0.4, 0.5) is 4.39 Å². The predicted octanol–water partition coefficient (Wildman–Crippen LogP) is 3.10. The van der Waals surface area contributed by atoms with Gasteiger partial charge >= 0.3 is 5.97 Å². The standard InChI is InChI=1S/C13H17BrFNO4S/c1-4-9(5-2)16(3)21(19,20)11-7-8(14)6-10(12(11)15)13(17)18/h6-7,9H,4-5H2,1-3H3,(H,17,18). The smallest absolute Gasteiger partial charge is 0.338 e. The van der Waals surface area contributed by atoms with Gasteiger partial charge < -0.3 is 5.11 Å². The largest absolute Gasteiger partial charge is 0.478 e. The first-order valence-corrected chi connectivity index (χ1v) is 8.60. The molecule has 0 radical (unpaired) electrons. The minimum atomic E-state index is -4.11. The molecule has 1 aromatic rings. The average molecular weight is 382 g/mol. The number of sulfonamides is 1. The summed E-state index contributed by atoms with van der Waals surface area (Å²) in [7, 11) is -2.74. The number of hydrogen-bond donors (Lipinski definition) is 1. The monoisotopic (exact) mass is 381 g/mol. The van der Waals surface area contributed by atoms with Crippen LogP contribution in [0.25, 0.3) is 0 Å². The lowest BCUT2D eigenvalue weighted by Crippen LogP contribution is -2.36. The van der Waals surface area contributed by atoms with Crippen molar-refractivity contribution in [2.75, 3.05) is 7.05 Å². The van der Waals surface area contributed by atoms with Crippen LogP contribution in [0.2, 0.25) is 0 Å². The van der Waals surface area contributed by atoms with Crippen LogP contribution in [0.1, 0.15) is 37.0 Å². The summed E-state index contributed by atoms with van der Waals surface area (Å²) in [5, 5.41) is 8.95. The SMILES string of the molecule is CCC(CC)N(C)S(=O)(=O)c1cc(Br)cc(C(=O)O)c1F. The molecule has 1 rings (SSSR count). The topological polar surface area (TPSA) is 74.7 Å². The molecule has 0 aliphatic rings. The van der Waals surface area contributed by atoms with Crippen molar-refractivity contribution in [1.29, 1.82) is 0 Å². The van der Waals surface area contributed by atoms with Crippen molar-refractivity contribution in [2.45, 2.75) is 37.6 Å². The van der Waals surface area contributed by atoms with E-state index in [2.05, 4.69) is 15.9 Å². The Morgan fingerprint density at radius 2 is 1.90 bits per heavy atom. The molecule has 0 aromatic heterocycles. The Kier molecular flexibility index (Phi) is 5.89. The van der Waals surface area contributed by atoms with Gasteiger partial charge in [0, 0.05) is 17.6 Å². The van der Waals surface area contributed by atoms with Crippen LogP contribution in [0, 0.1) is 5.82 Å². The Balaban J connectivity index is 3.48. The Labute approximate surface area is 131 Å². The summed E-state index contributed by atoms with van der Waals surface area (Å²) in [5.41, 5.74) is -0.680. The molecule has 0 saturated carbocycles. The molecule has 0 aliphatic carbocycles. The zero-order valence-corrected chi connectivity index (χ0v) is 14.3. The molecule has 0 amide bonds. The zero-order chi connectivity index (χ0) is 16.4. The lowest BCUT2D eigenvalue weighted by Gasteiger charge is -2.26. The first-order valence-electron chi connectivity index (χ1n) is 6.37. The maximum atomic E-state index is 14.2. The van der Waals surface area contributed by atoms with Crippen molar-refractivity contribution in [2.24, 2.45) is 0 Å². The van der Waals surface area contributed by atoms with Crippen LogP contribution in [-0.4, -0.2) is 36.9 Å². The number of hydrogen-bond acceptors (Lipinski definition) is 3. The summed E-state index contributed by atoms with van der Waals surface area (Å²) >= 11 is 3.02. The summed E-state index contributed by atoms with van der Waals surface area (Å²) in [4.78, 5) is 10.4. The van der Waals surface area contributed by atoms with Gasteiger partial charge in [-0.2, -0.15) is 4.31 Å². The van der Waals surface area contributed by atoms with Crippen LogP contribution in [0.15, 0.2) is 21.5 Å². The van der Waals surface area contributed by atoms with E-state index in [0.29, 0.717) is 12.8 Å². The summed E-state index contributed by atoms with van der Waals surface area (Å²) in [6, 6.07) is 1.84. The number of halogens is 2. The number of carboxylic acid groups (broad SMARTS) is 1. The first kappa shape index (κ1) is 18.1. The summed E-state index contributed by atoms with van der Waals surface area (Å²) in [6.07, 6.45) is 1.15. The van der Waals surface area contributed by atoms with E-state index in [1.165, 1.54) is 7.05 Å². The van der Waals surface area contributed by atoms with E-state index in [1.807, 2.05) is 13.8 Å². The Bertz CT molecular complexity index is 644. The molecule has 21 heavy (non-hydrogen) atoms. The Morgan fingerprint density at radius 1 is 1.38 bits per heavy atom. The van der Waals surface area contributed by atoms with Gasteiger partial charge in [0.15, 0.2) is 5.82 Å². The quantitative estimate of drug-likeness (QED) is 0.821. The molecule has 0 heterocycles. The molecule has 0 unspecified atom stereocenters. The van der Waals surface area contributed by atoms with Crippen molar-refractivity contribution in [1.82, 2.24) is 4.31 Å². The lowest BCUT2D eigenvalue weighted by atomic mass is 10.2. The molecule has 0 aliphatic heterocycles. The van der Waals surface area contributed by atoms with Gasteiger partial charge in [0.1, 0.15) is 4.90 Å². The highest BCUT2D eigenvalue weighted by molar-refractivity contribution is 9.10. The van der Waals surface area contributed by atoms with Crippen LogP contribution in [0.3, 0.4) is 0 Å². The molecule has 0 saturated heterocycles. The van der Waals surface area contributed by atoms with Gasteiger partial charge in [-0.3, -0.25) is 0 Å². The molecule has 118 valence electrons. The number of benzene rings is 1. The van der Waals surface area contributed by atoms with Crippen molar-refractivity contribution in [3.8, 4) is 0 Å². The second-order valence-corrected chi connectivity index (χ2v) is 7.44. The van der Waals surface area contributed by atoms with Crippen molar-refractivity contribution >= 4 is 31.9 Å². The molecule has 0 spiro atoms. The third kappa shape index (κ3) is 3.61. The second-order valence-electron chi connectivity index (χ2n) is 4.56. The highest BCUT2D eigenvalue weighted by Crippen LogP contribution is 2.28. The van der Waals surface area contributed by atoms with E-state index in [0.717, 1.165) is 16.4 Å². The number of carboxylic acids is 1. The summed E-state index contributed by atoms with van der Waals surface area (Å²) in [5.74, 6) is -2.76. The second kappa shape index (κ2) is 6.85. The van der Waals surface area contributed by atoms with Gasteiger partial charge in [-0.1, -0.05) is 29.8 Å². The molecule has 5 nitrogen and oxygen atoms in total. The number of aromatic carboxylic acids is 1. The number of rotatable bonds is 6. The highest BCUT2D eigenvalue weighted by atomic mass is 79.9.